The van der Waals surface area contributed by atoms with E-state index in [9.17, 15) is 27.2 Å². The van der Waals surface area contributed by atoms with Gasteiger partial charge in [0.2, 0.25) is 11.8 Å². The fourth-order valence-electron chi connectivity index (χ4n) is 3.51. The molecule has 1 N–H and O–H groups in total. The van der Waals surface area contributed by atoms with E-state index in [1.165, 1.54) is 48.2 Å². The molecule has 1 aliphatic heterocycles. The quantitative estimate of drug-likeness (QED) is 0.647. The van der Waals surface area contributed by atoms with Gasteiger partial charge in [-0.3, -0.25) is 14.4 Å². The van der Waals surface area contributed by atoms with Gasteiger partial charge < -0.3 is 10.2 Å². The van der Waals surface area contributed by atoms with Gasteiger partial charge >= 0.3 is 0 Å². The number of fused-ring (bicyclic) bond motifs is 1. The lowest BCUT2D eigenvalue weighted by molar-refractivity contribution is -0.140. The van der Waals surface area contributed by atoms with Crippen molar-refractivity contribution >= 4 is 27.7 Å². The van der Waals surface area contributed by atoms with Crippen LogP contribution in [0.15, 0.2) is 53.4 Å². The van der Waals surface area contributed by atoms with Crippen molar-refractivity contribution in [3.8, 4) is 0 Å². The van der Waals surface area contributed by atoms with Crippen LogP contribution in [0.3, 0.4) is 0 Å². The van der Waals surface area contributed by atoms with Crippen molar-refractivity contribution in [1.29, 1.82) is 0 Å². The Balaban J connectivity index is 1.80. The summed E-state index contributed by atoms with van der Waals surface area (Å²) in [5.74, 6) is -2.23. The smallest absolute Gasteiger partial charge is 0.269 e. The molecule has 32 heavy (non-hydrogen) atoms. The van der Waals surface area contributed by atoms with E-state index in [1.54, 1.807) is 19.1 Å². The number of benzene rings is 2. The summed E-state index contributed by atoms with van der Waals surface area (Å²) in [6.07, 6.45) is -0.350. The predicted molar refractivity (Wildman–Crippen MR) is 114 cm³/mol. The molecular formula is C22H24FN3O5S. The molecule has 1 atom stereocenters. The summed E-state index contributed by atoms with van der Waals surface area (Å²) in [4.78, 5) is 39.1. The van der Waals surface area contributed by atoms with Gasteiger partial charge in [0.1, 0.15) is 16.8 Å². The molecule has 170 valence electrons. The van der Waals surface area contributed by atoms with Crippen LogP contribution in [-0.4, -0.2) is 54.5 Å². The first kappa shape index (κ1) is 23.4. The van der Waals surface area contributed by atoms with Crippen LogP contribution in [0.25, 0.3) is 0 Å². The van der Waals surface area contributed by atoms with E-state index in [2.05, 4.69) is 5.32 Å². The van der Waals surface area contributed by atoms with Crippen LogP contribution in [0.1, 0.15) is 36.2 Å². The van der Waals surface area contributed by atoms with Crippen molar-refractivity contribution < 1.29 is 27.2 Å². The second-order valence-corrected chi connectivity index (χ2v) is 9.14. The predicted octanol–water partition coefficient (Wildman–Crippen LogP) is 1.91. The second-order valence-electron chi connectivity index (χ2n) is 7.31. The Morgan fingerprint density at radius 1 is 1.12 bits per heavy atom. The SMILES string of the molecule is CCNC(=O)[C@H](C)N(Cc1ccccc1F)C(=O)CCN1C(=O)c2ccccc2S1(=O)=O. The first-order valence-electron chi connectivity index (χ1n) is 10.1. The number of carbonyl (C=O) groups is 3. The van der Waals surface area contributed by atoms with E-state index in [1.807, 2.05) is 0 Å². The van der Waals surface area contributed by atoms with Crippen molar-refractivity contribution in [3.05, 3.63) is 65.5 Å². The molecule has 0 aliphatic carbocycles. The Labute approximate surface area is 186 Å². The van der Waals surface area contributed by atoms with E-state index in [0.717, 1.165) is 0 Å². The van der Waals surface area contributed by atoms with Crippen LogP contribution in [0, 0.1) is 5.82 Å². The summed E-state index contributed by atoms with van der Waals surface area (Å²) in [6.45, 7) is 3.03. The highest BCUT2D eigenvalue weighted by atomic mass is 32.2. The average Bonchev–Trinajstić information content (AvgIpc) is 2.96. The largest absolute Gasteiger partial charge is 0.355 e. The van der Waals surface area contributed by atoms with Crippen LogP contribution in [-0.2, 0) is 26.2 Å². The van der Waals surface area contributed by atoms with E-state index in [0.29, 0.717) is 10.8 Å². The maximum Gasteiger partial charge on any atom is 0.269 e. The summed E-state index contributed by atoms with van der Waals surface area (Å²) in [5, 5.41) is 2.62. The zero-order valence-corrected chi connectivity index (χ0v) is 18.6. The van der Waals surface area contributed by atoms with Gasteiger partial charge in [0.15, 0.2) is 0 Å². The summed E-state index contributed by atoms with van der Waals surface area (Å²) in [5.41, 5.74) is 0.271. The minimum absolute atomic E-state index is 0.0545. The normalized spacial score (nSPS) is 15.2. The lowest BCUT2D eigenvalue weighted by atomic mass is 10.1. The Bertz CT molecular complexity index is 1150. The summed E-state index contributed by atoms with van der Waals surface area (Å²) in [7, 11) is -4.05. The zero-order chi connectivity index (χ0) is 23.5. The molecule has 2 aromatic rings. The van der Waals surface area contributed by atoms with E-state index in [4.69, 9.17) is 0 Å². The number of carbonyl (C=O) groups excluding carboxylic acids is 3. The number of amides is 3. The van der Waals surface area contributed by atoms with Crippen molar-refractivity contribution in [2.75, 3.05) is 13.1 Å². The third kappa shape index (κ3) is 4.50. The molecule has 0 radical (unpaired) electrons. The van der Waals surface area contributed by atoms with Crippen molar-refractivity contribution in [2.45, 2.75) is 37.8 Å². The van der Waals surface area contributed by atoms with Gasteiger partial charge in [-0.05, 0) is 32.0 Å². The van der Waals surface area contributed by atoms with Gasteiger partial charge in [-0.15, -0.1) is 0 Å². The number of halogens is 1. The van der Waals surface area contributed by atoms with E-state index < -0.39 is 39.6 Å². The van der Waals surface area contributed by atoms with Crippen LogP contribution in [0.5, 0.6) is 0 Å². The fraction of sp³-hybridized carbons (Fsp3) is 0.318. The standard InChI is InChI=1S/C22H24FN3O5S/c1-3-24-21(28)15(2)25(14-16-8-4-6-10-18(16)23)20(27)12-13-26-22(29)17-9-5-7-11-19(17)32(26,30)31/h4-11,15H,3,12-14H2,1-2H3,(H,24,28)/t15-/m0/s1. The number of hydrogen-bond acceptors (Lipinski definition) is 5. The summed E-state index contributed by atoms with van der Waals surface area (Å²) in [6, 6.07) is 10.8. The molecule has 0 aromatic heterocycles. The number of sulfonamides is 1. The van der Waals surface area contributed by atoms with Gasteiger partial charge in [-0.25, -0.2) is 17.1 Å². The Morgan fingerprint density at radius 2 is 1.78 bits per heavy atom. The maximum absolute atomic E-state index is 14.2. The number of likely N-dealkylation sites (N-methyl/N-ethyl adjacent to an activating group) is 1. The molecule has 2 aromatic carbocycles. The number of nitrogens with zero attached hydrogens (tertiary/aromatic N) is 2. The molecule has 0 bridgehead atoms. The van der Waals surface area contributed by atoms with Gasteiger partial charge in [0.05, 0.1) is 5.56 Å². The van der Waals surface area contributed by atoms with Gasteiger partial charge in [-0.1, -0.05) is 30.3 Å². The van der Waals surface area contributed by atoms with Crippen molar-refractivity contribution in [3.63, 3.8) is 0 Å². The lowest BCUT2D eigenvalue weighted by Gasteiger charge is -2.29. The van der Waals surface area contributed by atoms with Crippen LogP contribution in [0.4, 0.5) is 4.39 Å². The first-order chi connectivity index (χ1) is 15.2. The second kappa shape index (κ2) is 9.47. The van der Waals surface area contributed by atoms with E-state index in [-0.39, 0.29) is 35.5 Å². The molecule has 0 fully saturated rings. The zero-order valence-electron chi connectivity index (χ0n) is 17.7. The highest BCUT2D eigenvalue weighted by molar-refractivity contribution is 7.90. The topological polar surface area (TPSA) is 104 Å². The summed E-state index contributed by atoms with van der Waals surface area (Å²) >= 11 is 0. The first-order valence-corrected chi connectivity index (χ1v) is 11.6. The molecule has 1 aliphatic rings. The number of nitrogens with one attached hydrogen (secondary N) is 1. The average molecular weight is 462 g/mol. The Hall–Kier alpha value is -3.27. The van der Waals surface area contributed by atoms with Crippen molar-refractivity contribution in [1.82, 2.24) is 14.5 Å². The summed E-state index contributed by atoms with van der Waals surface area (Å²) < 4.78 is 40.3. The van der Waals surface area contributed by atoms with Crippen LogP contribution < -0.4 is 5.32 Å². The molecule has 0 saturated heterocycles. The molecule has 1 heterocycles. The molecule has 0 saturated carbocycles. The van der Waals surface area contributed by atoms with E-state index >= 15 is 0 Å². The fourth-order valence-corrected chi connectivity index (χ4v) is 5.08. The van der Waals surface area contributed by atoms with Gasteiger partial charge in [-0.2, -0.15) is 0 Å². The highest BCUT2D eigenvalue weighted by Gasteiger charge is 2.41. The third-order valence-electron chi connectivity index (χ3n) is 5.26. The number of hydrogen-bond donors (Lipinski definition) is 1. The minimum atomic E-state index is -4.05. The highest BCUT2D eigenvalue weighted by Crippen LogP contribution is 2.30. The van der Waals surface area contributed by atoms with Gasteiger partial charge in [0.25, 0.3) is 15.9 Å². The minimum Gasteiger partial charge on any atom is -0.355 e. The molecule has 3 amide bonds. The monoisotopic (exact) mass is 461 g/mol. The van der Waals surface area contributed by atoms with Crippen LogP contribution >= 0.6 is 0 Å². The number of rotatable bonds is 8. The molecule has 3 rings (SSSR count). The van der Waals surface area contributed by atoms with Gasteiger partial charge in [0, 0.05) is 31.6 Å². The maximum atomic E-state index is 14.2. The molecule has 0 spiro atoms. The van der Waals surface area contributed by atoms with Crippen LogP contribution in [0.2, 0.25) is 0 Å². The lowest BCUT2D eigenvalue weighted by Crippen LogP contribution is -2.48. The molecular weight excluding hydrogens is 437 g/mol. The Kier molecular flexibility index (Phi) is 6.93. The molecule has 8 nitrogen and oxygen atoms in total. The molecule has 10 heteroatoms. The Morgan fingerprint density at radius 3 is 2.44 bits per heavy atom. The van der Waals surface area contributed by atoms with Crippen molar-refractivity contribution in [2.24, 2.45) is 0 Å². The molecule has 0 unspecified atom stereocenters. The third-order valence-corrected chi connectivity index (χ3v) is 7.10.